The monoisotopic (exact) mass is 312 g/mol. The zero-order valence-corrected chi connectivity index (χ0v) is 13.0. The number of anilines is 2. The van der Waals surface area contributed by atoms with Crippen LogP contribution in [0.2, 0.25) is 0 Å². The van der Waals surface area contributed by atoms with Gasteiger partial charge >= 0.3 is 0 Å². The summed E-state index contributed by atoms with van der Waals surface area (Å²) in [6, 6.07) is 4.85. The van der Waals surface area contributed by atoms with Crippen molar-refractivity contribution < 1.29 is 13.2 Å². The molecule has 0 atom stereocenters. The summed E-state index contributed by atoms with van der Waals surface area (Å²) in [5.74, 6) is 0.0371. The highest BCUT2D eigenvalue weighted by Crippen LogP contribution is 2.28. The summed E-state index contributed by atoms with van der Waals surface area (Å²) in [4.78, 5) is 15.2. The van der Waals surface area contributed by atoms with Gasteiger partial charge in [-0.25, -0.2) is 13.1 Å². The maximum atomic E-state index is 12.1. The molecule has 0 saturated carbocycles. The normalized spacial score (nSPS) is 16.1. The molecule has 1 heterocycles. The van der Waals surface area contributed by atoms with Crippen LogP contribution >= 0.6 is 0 Å². The second kappa shape index (κ2) is 5.90. The second-order valence-electron chi connectivity index (χ2n) is 4.93. The molecule has 1 aliphatic rings. The number of hydrogen-bond donors (Lipinski definition) is 2. The average Bonchev–Trinajstić information content (AvgIpc) is 2.47. The summed E-state index contributed by atoms with van der Waals surface area (Å²) < 4.78 is 26.6. The summed E-state index contributed by atoms with van der Waals surface area (Å²) in [6.45, 7) is 3.89. The Kier molecular flexibility index (Phi) is 4.38. The molecule has 3 N–H and O–H groups in total. The number of nitrogens with zero attached hydrogens (tertiary/aromatic N) is 2. The van der Waals surface area contributed by atoms with Gasteiger partial charge in [-0.15, -0.1) is 0 Å². The molecule has 1 aromatic rings. The maximum Gasteiger partial charge on any atom is 0.242 e. The van der Waals surface area contributed by atoms with E-state index in [0.717, 1.165) is 0 Å². The van der Waals surface area contributed by atoms with E-state index >= 15 is 0 Å². The number of carbonyl (C=O) groups is 1. The van der Waals surface area contributed by atoms with Gasteiger partial charge in [0.1, 0.15) is 4.90 Å². The third-order valence-electron chi connectivity index (χ3n) is 3.61. The number of benzene rings is 1. The van der Waals surface area contributed by atoms with Crippen molar-refractivity contribution >= 4 is 27.3 Å². The fraction of sp³-hybridized carbons (Fsp3) is 0.462. The van der Waals surface area contributed by atoms with E-state index in [9.17, 15) is 13.2 Å². The molecule has 116 valence electrons. The summed E-state index contributed by atoms with van der Waals surface area (Å²) >= 11 is 0. The molecule has 21 heavy (non-hydrogen) atoms. The average molecular weight is 312 g/mol. The van der Waals surface area contributed by atoms with E-state index in [2.05, 4.69) is 4.72 Å². The number of carbonyl (C=O) groups excluding carboxylic acids is 1. The fourth-order valence-corrected chi connectivity index (χ4v) is 3.36. The van der Waals surface area contributed by atoms with Crippen LogP contribution in [0.3, 0.4) is 0 Å². The maximum absolute atomic E-state index is 12.1. The predicted molar refractivity (Wildman–Crippen MR) is 81.6 cm³/mol. The third kappa shape index (κ3) is 3.27. The van der Waals surface area contributed by atoms with Crippen LogP contribution in [-0.4, -0.2) is 52.5 Å². The minimum absolute atomic E-state index is 0.0371. The van der Waals surface area contributed by atoms with Crippen molar-refractivity contribution in [3.05, 3.63) is 18.2 Å². The second-order valence-corrected chi connectivity index (χ2v) is 6.78. The van der Waals surface area contributed by atoms with Crippen molar-refractivity contribution in [2.24, 2.45) is 0 Å². The number of piperazine rings is 1. The first kappa shape index (κ1) is 15.6. The van der Waals surface area contributed by atoms with Crippen LogP contribution in [0, 0.1) is 0 Å². The molecule has 0 radical (unpaired) electrons. The number of rotatable bonds is 3. The largest absolute Gasteiger partial charge is 0.399 e. The first-order valence-electron chi connectivity index (χ1n) is 6.68. The van der Waals surface area contributed by atoms with Crippen LogP contribution < -0.4 is 15.4 Å². The molecular formula is C13H20N4O3S. The van der Waals surface area contributed by atoms with Crippen molar-refractivity contribution in [3.8, 4) is 0 Å². The van der Waals surface area contributed by atoms with E-state index in [-0.39, 0.29) is 10.8 Å². The van der Waals surface area contributed by atoms with E-state index in [1.165, 1.54) is 20.0 Å². The Balaban J connectivity index is 2.31. The number of nitrogens with one attached hydrogen (secondary N) is 1. The Labute approximate surface area is 124 Å². The minimum atomic E-state index is -3.58. The zero-order chi connectivity index (χ0) is 15.6. The molecule has 1 fully saturated rings. The number of nitrogens with two attached hydrogens (primary N) is 1. The third-order valence-corrected chi connectivity index (χ3v) is 5.05. The summed E-state index contributed by atoms with van der Waals surface area (Å²) in [5.41, 5.74) is 6.72. The highest BCUT2D eigenvalue weighted by molar-refractivity contribution is 7.89. The molecule has 0 bridgehead atoms. The number of amides is 1. The molecule has 0 aliphatic carbocycles. The fourth-order valence-electron chi connectivity index (χ4n) is 2.38. The lowest BCUT2D eigenvalue weighted by Crippen LogP contribution is -2.48. The van der Waals surface area contributed by atoms with Gasteiger partial charge in [-0.2, -0.15) is 0 Å². The van der Waals surface area contributed by atoms with Crippen LogP contribution in [0.1, 0.15) is 6.92 Å². The van der Waals surface area contributed by atoms with E-state index < -0.39 is 10.0 Å². The lowest BCUT2D eigenvalue weighted by molar-refractivity contribution is -0.129. The molecule has 7 nitrogen and oxygen atoms in total. The van der Waals surface area contributed by atoms with Crippen molar-refractivity contribution in [3.63, 3.8) is 0 Å². The van der Waals surface area contributed by atoms with Crippen LogP contribution in [-0.2, 0) is 14.8 Å². The Morgan fingerprint density at radius 3 is 2.38 bits per heavy atom. The van der Waals surface area contributed by atoms with Crippen LogP contribution in [0.4, 0.5) is 11.4 Å². The quantitative estimate of drug-likeness (QED) is 0.757. The first-order valence-corrected chi connectivity index (χ1v) is 8.17. The Morgan fingerprint density at radius 2 is 1.86 bits per heavy atom. The molecular weight excluding hydrogens is 292 g/mol. The van der Waals surface area contributed by atoms with Crippen molar-refractivity contribution in [2.75, 3.05) is 43.9 Å². The van der Waals surface area contributed by atoms with Crippen LogP contribution in [0.15, 0.2) is 23.1 Å². The van der Waals surface area contributed by atoms with Gasteiger partial charge in [-0.1, -0.05) is 0 Å². The van der Waals surface area contributed by atoms with Gasteiger partial charge in [0.2, 0.25) is 15.9 Å². The molecule has 2 rings (SSSR count). The van der Waals surface area contributed by atoms with Gasteiger partial charge < -0.3 is 15.5 Å². The summed E-state index contributed by atoms with van der Waals surface area (Å²) in [7, 11) is -2.21. The molecule has 0 aromatic heterocycles. The first-order chi connectivity index (χ1) is 9.85. The Hall–Kier alpha value is -1.80. The number of sulfonamides is 1. The molecule has 0 unspecified atom stereocenters. The minimum Gasteiger partial charge on any atom is -0.399 e. The van der Waals surface area contributed by atoms with E-state index in [0.29, 0.717) is 37.6 Å². The van der Waals surface area contributed by atoms with Gasteiger partial charge in [-0.05, 0) is 25.2 Å². The summed E-state index contributed by atoms with van der Waals surface area (Å²) in [5, 5.41) is 0. The topological polar surface area (TPSA) is 95.7 Å². The van der Waals surface area contributed by atoms with Gasteiger partial charge in [-0.3, -0.25) is 4.79 Å². The number of nitrogen functional groups attached to an aromatic ring is 1. The highest BCUT2D eigenvalue weighted by atomic mass is 32.2. The van der Waals surface area contributed by atoms with Gasteiger partial charge in [0.15, 0.2) is 0 Å². The van der Waals surface area contributed by atoms with E-state index in [4.69, 9.17) is 5.73 Å². The Morgan fingerprint density at radius 1 is 1.24 bits per heavy atom. The van der Waals surface area contributed by atoms with Crippen molar-refractivity contribution in [1.29, 1.82) is 0 Å². The summed E-state index contributed by atoms with van der Waals surface area (Å²) in [6.07, 6.45) is 0. The van der Waals surface area contributed by atoms with Crippen molar-refractivity contribution in [1.82, 2.24) is 9.62 Å². The van der Waals surface area contributed by atoms with Crippen LogP contribution in [0.5, 0.6) is 0 Å². The zero-order valence-electron chi connectivity index (χ0n) is 12.2. The van der Waals surface area contributed by atoms with E-state index in [1.807, 2.05) is 4.90 Å². The SMILES string of the molecule is CNS(=O)(=O)c1cc(N)ccc1N1CCN(C(C)=O)CC1. The molecule has 1 aliphatic heterocycles. The highest BCUT2D eigenvalue weighted by Gasteiger charge is 2.24. The number of hydrogen-bond acceptors (Lipinski definition) is 5. The molecule has 1 amide bonds. The van der Waals surface area contributed by atoms with Crippen LogP contribution in [0.25, 0.3) is 0 Å². The molecule has 1 saturated heterocycles. The predicted octanol–water partition coefficient (Wildman–Crippen LogP) is -0.155. The molecule has 1 aromatic carbocycles. The lowest BCUT2D eigenvalue weighted by atomic mass is 10.2. The van der Waals surface area contributed by atoms with E-state index in [1.54, 1.807) is 17.0 Å². The standard InChI is InChI=1S/C13H20N4O3S/c1-10(18)16-5-7-17(8-6-16)12-4-3-11(14)9-13(12)21(19,20)15-2/h3-4,9,15H,5-8,14H2,1-2H3. The molecule has 0 spiro atoms. The van der Waals surface area contributed by atoms with Gasteiger partial charge in [0, 0.05) is 38.8 Å². The van der Waals surface area contributed by atoms with Gasteiger partial charge in [0.05, 0.1) is 5.69 Å². The van der Waals surface area contributed by atoms with Gasteiger partial charge in [0.25, 0.3) is 0 Å². The smallest absolute Gasteiger partial charge is 0.242 e. The molecule has 8 heteroatoms. The Bertz CT molecular complexity index is 637. The van der Waals surface area contributed by atoms with Crippen molar-refractivity contribution in [2.45, 2.75) is 11.8 Å². The lowest BCUT2D eigenvalue weighted by Gasteiger charge is -2.36.